The quantitative estimate of drug-likeness (QED) is 0.362. The highest BCUT2D eigenvalue weighted by Gasteiger charge is 2.28. The molecule has 0 aromatic heterocycles. The molecule has 5 nitrogen and oxygen atoms in total. The van der Waals surface area contributed by atoms with E-state index in [-0.39, 0.29) is 35.6 Å². The number of benzene rings is 1. The van der Waals surface area contributed by atoms with Crippen LogP contribution in [0.1, 0.15) is 37.7 Å². The van der Waals surface area contributed by atoms with Crippen molar-refractivity contribution in [1.82, 2.24) is 10.2 Å². The molecular formula is C19H29ClIN3O2S. The standard InChI is InChI=1S/C19H28ClN3O2S.HI/c1-23(13-16-6-2-5-9-18(16)20)19(22-17-7-3-4-8-17)21-12-15-10-11-26(24,25)14-15;/h2,5-6,9,15,17H,3-4,7-8,10-14H2,1H3,(H,21,22);1H. The highest BCUT2D eigenvalue weighted by molar-refractivity contribution is 14.0. The molecule has 2 aliphatic rings. The zero-order valence-corrected chi connectivity index (χ0v) is 19.6. The van der Waals surface area contributed by atoms with Crippen LogP contribution >= 0.6 is 35.6 Å². The van der Waals surface area contributed by atoms with Gasteiger partial charge < -0.3 is 10.2 Å². The molecule has 1 aliphatic heterocycles. The summed E-state index contributed by atoms with van der Waals surface area (Å²) in [5.74, 6) is 1.55. The largest absolute Gasteiger partial charge is 0.354 e. The molecule has 152 valence electrons. The lowest BCUT2D eigenvalue weighted by Gasteiger charge is -2.26. The van der Waals surface area contributed by atoms with Gasteiger partial charge in [-0.25, -0.2) is 8.42 Å². The molecule has 1 atom stereocenters. The summed E-state index contributed by atoms with van der Waals surface area (Å²) in [6.45, 7) is 1.22. The summed E-state index contributed by atoms with van der Waals surface area (Å²) >= 11 is 6.30. The minimum absolute atomic E-state index is 0. The molecule has 0 amide bonds. The van der Waals surface area contributed by atoms with Crippen molar-refractivity contribution in [3.63, 3.8) is 0 Å². The van der Waals surface area contributed by atoms with E-state index in [4.69, 9.17) is 16.6 Å². The Morgan fingerprint density at radius 1 is 1.26 bits per heavy atom. The summed E-state index contributed by atoms with van der Waals surface area (Å²) in [4.78, 5) is 6.87. The Labute approximate surface area is 184 Å². The van der Waals surface area contributed by atoms with Gasteiger partial charge >= 0.3 is 0 Å². The molecule has 1 aromatic carbocycles. The lowest BCUT2D eigenvalue weighted by Crippen LogP contribution is -2.43. The van der Waals surface area contributed by atoms with Crippen molar-refractivity contribution >= 4 is 51.4 Å². The van der Waals surface area contributed by atoms with E-state index in [1.165, 1.54) is 12.8 Å². The maximum Gasteiger partial charge on any atom is 0.194 e. The number of guanidine groups is 1. The average Bonchev–Trinajstić information content (AvgIpc) is 3.22. The highest BCUT2D eigenvalue weighted by atomic mass is 127. The summed E-state index contributed by atoms with van der Waals surface area (Å²) in [6, 6.07) is 8.29. The van der Waals surface area contributed by atoms with E-state index in [9.17, 15) is 8.42 Å². The molecule has 0 radical (unpaired) electrons. The number of nitrogens with one attached hydrogen (secondary N) is 1. The average molecular weight is 526 g/mol. The summed E-state index contributed by atoms with van der Waals surface area (Å²) in [6.07, 6.45) is 5.55. The van der Waals surface area contributed by atoms with Gasteiger partial charge in [-0.15, -0.1) is 24.0 Å². The molecule has 1 aromatic rings. The van der Waals surface area contributed by atoms with E-state index >= 15 is 0 Å². The van der Waals surface area contributed by atoms with Crippen LogP contribution in [-0.2, 0) is 16.4 Å². The van der Waals surface area contributed by atoms with Crippen molar-refractivity contribution in [1.29, 1.82) is 0 Å². The van der Waals surface area contributed by atoms with Crippen LogP contribution in [0.3, 0.4) is 0 Å². The second-order valence-electron chi connectivity index (χ2n) is 7.51. The third-order valence-corrected chi connectivity index (χ3v) is 7.45. The Kier molecular flexibility index (Phi) is 8.68. The number of aliphatic imine (C=N–C) groups is 1. The summed E-state index contributed by atoms with van der Waals surface area (Å²) in [7, 11) is -0.851. The van der Waals surface area contributed by atoms with Crippen molar-refractivity contribution in [2.45, 2.75) is 44.7 Å². The lowest BCUT2D eigenvalue weighted by atomic mass is 10.1. The fourth-order valence-corrected chi connectivity index (χ4v) is 5.76. The topological polar surface area (TPSA) is 61.8 Å². The first-order valence-electron chi connectivity index (χ1n) is 9.39. The van der Waals surface area contributed by atoms with Gasteiger partial charge in [-0.1, -0.05) is 42.6 Å². The summed E-state index contributed by atoms with van der Waals surface area (Å²) < 4.78 is 23.4. The third kappa shape index (κ3) is 6.78. The SMILES string of the molecule is CN(Cc1ccccc1Cl)C(=NCC1CCS(=O)(=O)C1)NC1CCCC1.I. The molecule has 1 saturated carbocycles. The van der Waals surface area contributed by atoms with Crippen LogP contribution in [0.2, 0.25) is 5.02 Å². The summed E-state index contributed by atoms with van der Waals surface area (Å²) in [5.41, 5.74) is 1.06. The number of sulfone groups is 1. The first-order valence-corrected chi connectivity index (χ1v) is 11.6. The molecule has 0 bridgehead atoms. The van der Waals surface area contributed by atoms with Gasteiger partial charge in [0.25, 0.3) is 0 Å². The van der Waals surface area contributed by atoms with Gasteiger partial charge in [-0.05, 0) is 36.8 Å². The van der Waals surface area contributed by atoms with Crippen molar-refractivity contribution in [3.8, 4) is 0 Å². The Morgan fingerprint density at radius 3 is 2.59 bits per heavy atom. The molecule has 27 heavy (non-hydrogen) atoms. The maximum absolute atomic E-state index is 11.7. The molecule has 0 spiro atoms. The van der Waals surface area contributed by atoms with Crippen LogP contribution in [0.15, 0.2) is 29.3 Å². The van der Waals surface area contributed by atoms with Crippen LogP contribution in [0.25, 0.3) is 0 Å². The number of halogens is 2. The lowest BCUT2D eigenvalue weighted by molar-refractivity contribution is 0.453. The zero-order valence-electron chi connectivity index (χ0n) is 15.7. The van der Waals surface area contributed by atoms with Crippen LogP contribution in [-0.4, -0.2) is 50.4 Å². The second-order valence-corrected chi connectivity index (χ2v) is 10.1. The Bertz CT molecular complexity index is 751. The van der Waals surface area contributed by atoms with E-state index in [0.717, 1.165) is 35.8 Å². The monoisotopic (exact) mass is 525 g/mol. The predicted molar refractivity (Wildman–Crippen MR) is 123 cm³/mol. The fraction of sp³-hybridized carbons (Fsp3) is 0.632. The Hall–Kier alpha value is -0.540. The molecule has 1 aliphatic carbocycles. The van der Waals surface area contributed by atoms with Crippen molar-refractivity contribution in [3.05, 3.63) is 34.9 Å². The van der Waals surface area contributed by atoms with Crippen molar-refractivity contribution < 1.29 is 8.42 Å². The molecule has 1 N–H and O–H groups in total. The Morgan fingerprint density at radius 2 is 1.96 bits per heavy atom. The first-order chi connectivity index (χ1) is 12.4. The van der Waals surface area contributed by atoms with E-state index in [2.05, 4.69) is 10.2 Å². The van der Waals surface area contributed by atoms with Gasteiger partial charge in [0.15, 0.2) is 15.8 Å². The normalized spacial score (nSPS) is 22.4. The molecule has 8 heteroatoms. The molecule has 1 unspecified atom stereocenters. The molecule has 1 saturated heterocycles. The predicted octanol–water partition coefficient (Wildman–Crippen LogP) is 3.71. The fourth-order valence-electron chi connectivity index (χ4n) is 3.72. The molecule has 1 heterocycles. The number of hydrogen-bond acceptors (Lipinski definition) is 3. The smallest absolute Gasteiger partial charge is 0.194 e. The molecular weight excluding hydrogens is 497 g/mol. The van der Waals surface area contributed by atoms with Gasteiger partial charge in [0, 0.05) is 31.2 Å². The molecule has 2 fully saturated rings. The zero-order chi connectivity index (χ0) is 18.6. The van der Waals surface area contributed by atoms with Crippen LogP contribution in [0, 0.1) is 5.92 Å². The summed E-state index contributed by atoms with van der Waals surface area (Å²) in [5, 5.41) is 4.33. The van der Waals surface area contributed by atoms with E-state index in [1.54, 1.807) is 0 Å². The second kappa shape index (κ2) is 10.3. The number of rotatable bonds is 5. The van der Waals surface area contributed by atoms with Crippen LogP contribution < -0.4 is 5.32 Å². The number of nitrogens with zero attached hydrogens (tertiary/aromatic N) is 2. The first kappa shape index (κ1) is 22.7. The minimum Gasteiger partial charge on any atom is -0.354 e. The van der Waals surface area contributed by atoms with Gasteiger partial charge in [0.05, 0.1) is 11.5 Å². The van der Waals surface area contributed by atoms with E-state index < -0.39 is 9.84 Å². The number of hydrogen-bond donors (Lipinski definition) is 1. The van der Waals surface area contributed by atoms with E-state index in [0.29, 0.717) is 24.9 Å². The van der Waals surface area contributed by atoms with Gasteiger partial charge in [0.2, 0.25) is 0 Å². The van der Waals surface area contributed by atoms with Crippen LogP contribution in [0.5, 0.6) is 0 Å². The van der Waals surface area contributed by atoms with Crippen molar-refractivity contribution in [2.75, 3.05) is 25.1 Å². The van der Waals surface area contributed by atoms with Crippen molar-refractivity contribution in [2.24, 2.45) is 10.9 Å². The third-order valence-electron chi connectivity index (χ3n) is 5.24. The molecule has 3 rings (SSSR count). The van der Waals surface area contributed by atoms with Gasteiger partial charge in [-0.3, -0.25) is 4.99 Å². The highest BCUT2D eigenvalue weighted by Crippen LogP contribution is 2.21. The van der Waals surface area contributed by atoms with Gasteiger partial charge in [-0.2, -0.15) is 0 Å². The van der Waals surface area contributed by atoms with E-state index in [1.807, 2.05) is 31.3 Å². The maximum atomic E-state index is 11.7. The van der Waals surface area contributed by atoms with Gasteiger partial charge in [0.1, 0.15) is 0 Å². The Balaban J connectivity index is 0.00000261. The van der Waals surface area contributed by atoms with Crippen LogP contribution in [0.4, 0.5) is 0 Å². The minimum atomic E-state index is -2.86.